The maximum Gasteiger partial charge on any atom is 0.453 e. The van der Waals surface area contributed by atoms with Crippen LogP contribution in [0.5, 0.6) is 11.5 Å². The van der Waals surface area contributed by atoms with Crippen LogP contribution in [0.15, 0.2) is 18.2 Å². The minimum atomic E-state index is -4.65. The lowest BCUT2D eigenvalue weighted by Gasteiger charge is -2.26. The minimum absolute atomic E-state index is 0.00641. The van der Waals surface area contributed by atoms with Gasteiger partial charge in [-0.2, -0.15) is 18.2 Å². The number of carbonyl (C=O) groups excluding carboxylic acids is 1. The van der Waals surface area contributed by atoms with E-state index < -0.39 is 12.0 Å². The molecule has 4 heterocycles. The average molecular weight is 489 g/mol. The summed E-state index contributed by atoms with van der Waals surface area (Å²) in [5.41, 5.74) is 2.77. The third kappa shape index (κ3) is 4.51. The summed E-state index contributed by atoms with van der Waals surface area (Å²) in [5, 5.41) is 3.58. The van der Waals surface area contributed by atoms with E-state index in [1.165, 1.54) is 0 Å². The molecule has 1 amide bonds. The summed E-state index contributed by atoms with van der Waals surface area (Å²) in [5.74, 6) is 0.0917. The molecule has 0 aliphatic carbocycles. The number of halogens is 3. The first-order valence-electron chi connectivity index (χ1n) is 11.7. The molecule has 186 valence electrons. The lowest BCUT2D eigenvalue weighted by atomic mass is 10.0. The number of likely N-dealkylation sites (tertiary alicyclic amines) is 1. The number of fused-ring (bicyclic) bond motifs is 2. The molecule has 0 N–H and O–H groups in total. The lowest BCUT2D eigenvalue weighted by molar-refractivity contribution is -0.144. The zero-order valence-electron chi connectivity index (χ0n) is 19.6. The average Bonchev–Trinajstić information content (AvgIpc) is 3.41. The van der Waals surface area contributed by atoms with Gasteiger partial charge in [-0.3, -0.25) is 4.79 Å². The van der Waals surface area contributed by atoms with E-state index in [4.69, 9.17) is 9.47 Å². The Hall–Kier alpha value is -3.37. The smallest absolute Gasteiger partial charge is 0.453 e. The van der Waals surface area contributed by atoms with E-state index in [-0.39, 0.29) is 24.1 Å². The number of amides is 1. The predicted molar refractivity (Wildman–Crippen MR) is 119 cm³/mol. The zero-order valence-corrected chi connectivity index (χ0v) is 19.6. The molecule has 0 radical (unpaired) electrons. The molecule has 5 rings (SSSR count). The van der Waals surface area contributed by atoms with E-state index >= 15 is 0 Å². The van der Waals surface area contributed by atoms with Crippen LogP contribution in [0, 0.1) is 13.8 Å². The number of aryl methyl sites for hydroxylation is 2. The SMILES string of the molecule is Cc1nc2nc(C(F)(F)F)nn2c(C)c1CCC(=O)N1CCC[C@@H]1c1ccc2c(c1)OCCCO2. The number of carbonyl (C=O) groups is 1. The monoisotopic (exact) mass is 489 g/mol. The van der Waals surface area contributed by atoms with Gasteiger partial charge in [0.2, 0.25) is 5.91 Å². The van der Waals surface area contributed by atoms with Crippen LogP contribution in [-0.2, 0) is 17.4 Å². The molecular weight excluding hydrogens is 463 g/mol. The first kappa shape index (κ1) is 23.4. The molecule has 1 aromatic carbocycles. The summed E-state index contributed by atoms with van der Waals surface area (Å²) < 4.78 is 51.8. The standard InChI is InChI=1S/C24H26F3N5O3/c1-14-17(15(2)32-23(28-14)29-22(30-32)24(25,26)27)7-9-21(33)31-10-3-5-18(31)16-6-8-19-20(13-16)35-12-4-11-34-19/h6,8,13,18H,3-5,7,9-12H2,1-2H3/t18-/m1/s1. The van der Waals surface area contributed by atoms with Crippen LogP contribution in [-0.4, -0.2) is 50.1 Å². The molecule has 35 heavy (non-hydrogen) atoms. The molecule has 1 fully saturated rings. The molecule has 2 aromatic heterocycles. The molecule has 3 aromatic rings. The highest BCUT2D eigenvalue weighted by Gasteiger charge is 2.37. The van der Waals surface area contributed by atoms with E-state index in [0.717, 1.165) is 35.1 Å². The van der Waals surface area contributed by atoms with Gasteiger partial charge in [0.1, 0.15) is 0 Å². The summed E-state index contributed by atoms with van der Waals surface area (Å²) in [6.45, 7) is 5.26. The molecule has 2 aliphatic heterocycles. The van der Waals surface area contributed by atoms with Crippen molar-refractivity contribution in [3.8, 4) is 11.5 Å². The van der Waals surface area contributed by atoms with E-state index in [9.17, 15) is 18.0 Å². The number of rotatable bonds is 4. The Morgan fingerprint density at radius 1 is 1.11 bits per heavy atom. The number of hydrogen-bond acceptors (Lipinski definition) is 6. The predicted octanol–water partition coefficient (Wildman–Crippen LogP) is 4.22. The van der Waals surface area contributed by atoms with E-state index in [0.29, 0.717) is 48.9 Å². The molecule has 1 saturated heterocycles. The van der Waals surface area contributed by atoms with Crippen LogP contribution in [0.4, 0.5) is 13.2 Å². The summed E-state index contributed by atoms with van der Waals surface area (Å²) in [6.07, 6.45) is -1.50. The van der Waals surface area contributed by atoms with Crippen molar-refractivity contribution < 1.29 is 27.4 Å². The fraction of sp³-hybridized carbons (Fsp3) is 0.500. The van der Waals surface area contributed by atoms with Crippen molar-refractivity contribution in [3.63, 3.8) is 0 Å². The Labute approximate surface area is 200 Å². The van der Waals surface area contributed by atoms with Crippen molar-refractivity contribution >= 4 is 11.7 Å². The third-order valence-corrected chi connectivity index (χ3v) is 6.62. The summed E-state index contributed by atoms with van der Waals surface area (Å²) >= 11 is 0. The van der Waals surface area contributed by atoms with Gasteiger partial charge in [-0.05, 0) is 56.4 Å². The van der Waals surface area contributed by atoms with E-state index in [2.05, 4.69) is 15.1 Å². The third-order valence-electron chi connectivity index (χ3n) is 6.62. The number of aromatic nitrogens is 4. The molecule has 0 unspecified atom stereocenters. The Balaban J connectivity index is 1.33. The van der Waals surface area contributed by atoms with Gasteiger partial charge in [-0.1, -0.05) is 6.07 Å². The largest absolute Gasteiger partial charge is 0.490 e. The lowest BCUT2D eigenvalue weighted by Crippen LogP contribution is -2.31. The van der Waals surface area contributed by atoms with Crippen LogP contribution in [0.25, 0.3) is 5.78 Å². The van der Waals surface area contributed by atoms with Gasteiger partial charge in [0.25, 0.3) is 11.6 Å². The van der Waals surface area contributed by atoms with Crippen molar-refractivity contribution in [1.29, 1.82) is 0 Å². The fourth-order valence-electron chi connectivity index (χ4n) is 4.86. The number of nitrogens with zero attached hydrogens (tertiary/aromatic N) is 5. The van der Waals surface area contributed by atoms with Crippen LogP contribution in [0.1, 0.15) is 60.1 Å². The highest BCUT2D eigenvalue weighted by atomic mass is 19.4. The van der Waals surface area contributed by atoms with Gasteiger partial charge >= 0.3 is 6.18 Å². The first-order valence-corrected chi connectivity index (χ1v) is 11.7. The van der Waals surface area contributed by atoms with E-state index in [1.54, 1.807) is 13.8 Å². The van der Waals surface area contributed by atoms with Crippen LogP contribution >= 0.6 is 0 Å². The Morgan fingerprint density at radius 3 is 2.66 bits per heavy atom. The summed E-state index contributed by atoms with van der Waals surface area (Å²) in [4.78, 5) is 22.8. The molecular formula is C24H26F3N5O3. The van der Waals surface area contributed by atoms with Gasteiger partial charge < -0.3 is 14.4 Å². The zero-order chi connectivity index (χ0) is 24.7. The summed E-state index contributed by atoms with van der Waals surface area (Å²) in [7, 11) is 0. The van der Waals surface area contributed by atoms with Gasteiger partial charge in [0.15, 0.2) is 11.5 Å². The normalized spacial score (nSPS) is 18.2. The second-order valence-corrected chi connectivity index (χ2v) is 8.91. The van der Waals surface area contributed by atoms with Crippen LogP contribution in [0.2, 0.25) is 0 Å². The number of ether oxygens (including phenoxy) is 2. The van der Waals surface area contributed by atoms with Gasteiger partial charge in [-0.15, -0.1) is 5.10 Å². The molecule has 1 atom stereocenters. The Morgan fingerprint density at radius 2 is 1.89 bits per heavy atom. The molecule has 0 spiro atoms. The highest BCUT2D eigenvalue weighted by Crippen LogP contribution is 2.38. The van der Waals surface area contributed by atoms with Crippen molar-refractivity contribution in [2.45, 2.75) is 58.2 Å². The molecule has 8 nitrogen and oxygen atoms in total. The second kappa shape index (κ2) is 9.01. The van der Waals surface area contributed by atoms with Crippen molar-refractivity contribution in [1.82, 2.24) is 24.5 Å². The maximum absolute atomic E-state index is 13.2. The highest BCUT2D eigenvalue weighted by molar-refractivity contribution is 5.77. The van der Waals surface area contributed by atoms with Crippen molar-refractivity contribution in [2.75, 3.05) is 19.8 Å². The topological polar surface area (TPSA) is 81.9 Å². The van der Waals surface area contributed by atoms with E-state index in [1.807, 2.05) is 23.1 Å². The molecule has 0 saturated carbocycles. The van der Waals surface area contributed by atoms with Gasteiger partial charge in [-0.25, -0.2) is 9.50 Å². The summed E-state index contributed by atoms with van der Waals surface area (Å²) in [6, 6.07) is 5.80. The van der Waals surface area contributed by atoms with Gasteiger partial charge in [0.05, 0.1) is 19.3 Å². The maximum atomic E-state index is 13.2. The minimum Gasteiger partial charge on any atom is -0.490 e. The van der Waals surface area contributed by atoms with Crippen LogP contribution in [0.3, 0.4) is 0 Å². The van der Waals surface area contributed by atoms with Gasteiger partial charge in [0, 0.05) is 30.8 Å². The Bertz CT molecular complexity index is 1270. The number of alkyl halides is 3. The van der Waals surface area contributed by atoms with Crippen LogP contribution < -0.4 is 9.47 Å². The van der Waals surface area contributed by atoms with Crippen molar-refractivity contribution in [3.05, 3.63) is 46.5 Å². The quantitative estimate of drug-likeness (QED) is 0.546. The first-order chi connectivity index (χ1) is 16.7. The number of benzene rings is 1. The Kier molecular flexibility index (Phi) is 6.02. The van der Waals surface area contributed by atoms with Crippen molar-refractivity contribution in [2.24, 2.45) is 0 Å². The second-order valence-electron chi connectivity index (χ2n) is 8.91. The molecule has 2 aliphatic rings. The molecule has 11 heteroatoms. The molecule has 0 bridgehead atoms. The fourth-order valence-corrected chi connectivity index (χ4v) is 4.86. The number of hydrogen-bond donors (Lipinski definition) is 0.